The number of halogens is 1. The average molecular weight is 412 g/mol. The Kier molecular flexibility index (Phi) is 7.31. The molecule has 7 nitrogen and oxygen atoms in total. The van der Waals surface area contributed by atoms with E-state index in [-0.39, 0.29) is 29.6 Å². The van der Waals surface area contributed by atoms with Crippen molar-refractivity contribution < 1.29 is 19.4 Å². The molecule has 2 saturated heterocycles. The second-order valence-corrected chi connectivity index (χ2v) is 7.87. The van der Waals surface area contributed by atoms with E-state index in [4.69, 9.17) is 10.5 Å². The molecular formula is C20H30ClN3O4. The van der Waals surface area contributed by atoms with E-state index in [1.165, 1.54) is 6.92 Å². The number of piperidine rings is 1. The van der Waals surface area contributed by atoms with Crippen molar-refractivity contribution in [2.45, 2.75) is 44.9 Å². The predicted octanol–water partition coefficient (Wildman–Crippen LogP) is 1.17. The first-order valence-corrected chi connectivity index (χ1v) is 9.47. The van der Waals surface area contributed by atoms with Gasteiger partial charge in [0.05, 0.1) is 13.2 Å². The Hall–Kier alpha value is -1.83. The number of ether oxygens (including phenoxy) is 1. The number of amides is 2. The van der Waals surface area contributed by atoms with E-state index in [0.717, 1.165) is 24.2 Å². The highest BCUT2D eigenvalue weighted by molar-refractivity contribution is 5.85. The number of carbonyl (C=O) groups excluding carboxylic acids is 2. The van der Waals surface area contributed by atoms with Gasteiger partial charge in [-0.05, 0) is 37.5 Å². The van der Waals surface area contributed by atoms with Gasteiger partial charge in [0.25, 0.3) is 0 Å². The SMILES string of the molecule is COc1cccc(CN2CC3(CCN(C(=O)[C@@H](N)[C@@H](C)O)CC3)CC2=O)c1.Cl. The van der Waals surface area contributed by atoms with Crippen LogP contribution < -0.4 is 10.5 Å². The summed E-state index contributed by atoms with van der Waals surface area (Å²) in [5.74, 6) is 0.741. The maximum atomic E-state index is 12.6. The van der Waals surface area contributed by atoms with Gasteiger partial charge in [0.15, 0.2) is 0 Å². The van der Waals surface area contributed by atoms with Gasteiger partial charge in [-0.25, -0.2) is 0 Å². The first-order chi connectivity index (χ1) is 12.8. The minimum atomic E-state index is -0.881. The number of benzene rings is 1. The Morgan fingerprint density at radius 2 is 2.04 bits per heavy atom. The van der Waals surface area contributed by atoms with Crippen molar-refractivity contribution in [3.8, 4) is 5.75 Å². The molecule has 2 amide bonds. The van der Waals surface area contributed by atoms with Crippen molar-refractivity contribution in [3.05, 3.63) is 29.8 Å². The van der Waals surface area contributed by atoms with Crippen LogP contribution in [0.25, 0.3) is 0 Å². The molecule has 2 fully saturated rings. The molecule has 8 heteroatoms. The van der Waals surface area contributed by atoms with Gasteiger partial charge in [0.1, 0.15) is 11.8 Å². The summed E-state index contributed by atoms with van der Waals surface area (Å²) in [6, 6.07) is 6.90. The number of aliphatic hydroxyl groups excluding tert-OH is 1. The van der Waals surface area contributed by atoms with E-state index in [1.54, 1.807) is 12.0 Å². The van der Waals surface area contributed by atoms with Crippen LogP contribution in [0.5, 0.6) is 5.75 Å². The molecule has 2 atom stereocenters. The Morgan fingerprint density at radius 1 is 1.36 bits per heavy atom. The number of hydrogen-bond donors (Lipinski definition) is 2. The Labute approximate surface area is 172 Å². The smallest absolute Gasteiger partial charge is 0.242 e. The molecule has 0 unspecified atom stereocenters. The zero-order valence-corrected chi connectivity index (χ0v) is 17.3. The standard InChI is InChI=1S/C20H29N3O4.ClH/c1-14(24)18(21)19(26)22-8-6-20(7-9-22)11-17(25)23(13-20)12-15-4-3-5-16(10-15)27-2;/h3-5,10,14,18,24H,6-9,11-13,21H2,1-2H3;1H/t14-,18+;/m1./s1. The van der Waals surface area contributed by atoms with E-state index < -0.39 is 12.1 Å². The summed E-state index contributed by atoms with van der Waals surface area (Å²) in [7, 11) is 1.63. The largest absolute Gasteiger partial charge is 0.497 e. The van der Waals surface area contributed by atoms with E-state index in [9.17, 15) is 14.7 Å². The number of aliphatic hydroxyl groups is 1. The lowest BCUT2D eigenvalue weighted by Gasteiger charge is -2.39. The van der Waals surface area contributed by atoms with E-state index in [1.807, 2.05) is 29.2 Å². The molecule has 2 heterocycles. The van der Waals surface area contributed by atoms with Gasteiger partial charge in [-0.1, -0.05) is 12.1 Å². The van der Waals surface area contributed by atoms with Crippen LogP contribution in [0.15, 0.2) is 24.3 Å². The monoisotopic (exact) mass is 411 g/mol. The molecular weight excluding hydrogens is 382 g/mol. The second kappa shape index (κ2) is 9.11. The third kappa shape index (κ3) is 4.77. The summed E-state index contributed by atoms with van der Waals surface area (Å²) < 4.78 is 5.26. The van der Waals surface area contributed by atoms with Crippen LogP contribution in [-0.2, 0) is 16.1 Å². The van der Waals surface area contributed by atoms with Gasteiger partial charge < -0.3 is 25.4 Å². The van der Waals surface area contributed by atoms with Crippen LogP contribution in [0.4, 0.5) is 0 Å². The molecule has 1 spiro atoms. The highest BCUT2D eigenvalue weighted by Gasteiger charge is 2.45. The molecule has 3 N–H and O–H groups in total. The number of nitrogens with two attached hydrogens (primary N) is 1. The summed E-state index contributed by atoms with van der Waals surface area (Å²) in [6.07, 6.45) is 1.23. The summed E-state index contributed by atoms with van der Waals surface area (Å²) >= 11 is 0. The fourth-order valence-electron chi connectivity index (χ4n) is 4.07. The number of rotatable bonds is 5. The maximum absolute atomic E-state index is 12.6. The molecule has 0 aromatic heterocycles. The van der Waals surface area contributed by atoms with Crippen molar-refractivity contribution in [2.24, 2.45) is 11.1 Å². The maximum Gasteiger partial charge on any atom is 0.242 e. The molecule has 0 aliphatic carbocycles. The number of likely N-dealkylation sites (tertiary alicyclic amines) is 2. The van der Waals surface area contributed by atoms with E-state index in [0.29, 0.717) is 32.6 Å². The van der Waals surface area contributed by atoms with Crippen LogP contribution in [-0.4, -0.2) is 65.6 Å². The molecule has 156 valence electrons. The fraction of sp³-hybridized carbons (Fsp3) is 0.600. The summed E-state index contributed by atoms with van der Waals surface area (Å²) in [6.45, 7) is 3.99. The van der Waals surface area contributed by atoms with Crippen molar-refractivity contribution in [3.63, 3.8) is 0 Å². The quantitative estimate of drug-likeness (QED) is 0.758. The molecule has 28 heavy (non-hydrogen) atoms. The average Bonchev–Trinajstić information content (AvgIpc) is 2.96. The second-order valence-electron chi connectivity index (χ2n) is 7.87. The van der Waals surface area contributed by atoms with Crippen LogP contribution in [0, 0.1) is 5.41 Å². The summed E-state index contributed by atoms with van der Waals surface area (Å²) in [5.41, 5.74) is 6.76. The lowest BCUT2D eigenvalue weighted by molar-refractivity contribution is -0.137. The Bertz CT molecular complexity index is 704. The van der Waals surface area contributed by atoms with Gasteiger partial charge in [0.2, 0.25) is 11.8 Å². The molecule has 1 aromatic rings. The predicted molar refractivity (Wildman–Crippen MR) is 108 cm³/mol. The highest BCUT2D eigenvalue weighted by atomic mass is 35.5. The lowest BCUT2D eigenvalue weighted by atomic mass is 9.77. The summed E-state index contributed by atoms with van der Waals surface area (Å²) in [4.78, 5) is 28.5. The number of methoxy groups -OCH3 is 1. The highest BCUT2D eigenvalue weighted by Crippen LogP contribution is 2.41. The number of hydrogen-bond acceptors (Lipinski definition) is 5. The molecule has 2 aliphatic rings. The number of nitrogens with zero attached hydrogens (tertiary/aromatic N) is 2. The molecule has 2 aliphatic heterocycles. The van der Waals surface area contributed by atoms with Gasteiger partial charge in [-0.3, -0.25) is 9.59 Å². The van der Waals surface area contributed by atoms with Gasteiger partial charge >= 0.3 is 0 Å². The molecule has 0 bridgehead atoms. The van der Waals surface area contributed by atoms with Crippen LogP contribution >= 0.6 is 12.4 Å². The minimum absolute atomic E-state index is 0. The van der Waals surface area contributed by atoms with Crippen LogP contribution in [0.2, 0.25) is 0 Å². The van der Waals surface area contributed by atoms with Crippen molar-refractivity contribution in [2.75, 3.05) is 26.7 Å². The Balaban J connectivity index is 0.00000280. The molecule has 3 rings (SSSR count). The minimum Gasteiger partial charge on any atom is -0.497 e. The van der Waals surface area contributed by atoms with Crippen molar-refractivity contribution in [1.82, 2.24) is 9.80 Å². The van der Waals surface area contributed by atoms with Gasteiger partial charge in [0, 0.05) is 38.0 Å². The molecule has 1 aromatic carbocycles. The molecule has 0 saturated carbocycles. The fourth-order valence-corrected chi connectivity index (χ4v) is 4.07. The first-order valence-electron chi connectivity index (χ1n) is 9.47. The molecule has 0 radical (unpaired) electrons. The third-order valence-corrected chi connectivity index (χ3v) is 5.85. The summed E-state index contributed by atoms with van der Waals surface area (Å²) in [5, 5.41) is 9.54. The normalized spacial score (nSPS) is 20.6. The first kappa shape index (κ1) is 22.5. The van der Waals surface area contributed by atoms with Crippen molar-refractivity contribution in [1.29, 1.82) is 0 Å². The van der Waals surface area contributed by atoms with Crippen LogP contribution in [0.3, 0.4) is 0 Å². The van der Waals surface area contributed by atoms with E-state index >= 15 is 0 Å². The Morgan fingerprint density at radius 3 is 2.64 bits per heavy atom. The van der Waals surface area contributed by atoms with Crippen molar-refractivity contribution >= 4 is 24.2 Å². The van der Waals surface area contributed by atoms with Crippen LogP contribution in [0.1, 0.15) is 31.7 Å². The lowest BCUT2D eigenvalue weighted by Crippen LogP contribution is -2.53. The third-order valence-electron chi connectivity index (χ3n) is 5.85. The topological polar surface area (TPSA) is 96.1 Å². The van der Waals surface area contributed by atoms with Gasteiger partial charge in [-0.2, -0.15) is 0 Å². The zero-order chi connectivity index (χ0) is 19.6. The number of carbonyl (C=O) groups is 2. The van der Waals surface area contributed by atoms with Gasteiger partial charge in [-0.15, -0.1) is 12.4 Å². The van der Waals surface area contributed by atoms with E-state index in [2.05, 4.69) is 0 Å². The zero-order valence-electron chi connectivity index (χ0n) is 16.5.